The van der Waals surface area contributed by atoms with Crippen LogP contribution < -0.4 is 11.1 Å². The number of amides is 1. The summed E-state index contributed by atoms with van der Waals surface area (Å²) in [6, 6.07) is 10.8. The van der Waals surface area contributed by atoms with Crippen LogP contribution in [0.15, 0.2) is 30.3 Å². The summed E-state index contributed by atoms with van der Waals surface area (Å²) in [5.41, 5.74) is 6.93. The molecule has 0 aliphatic heterocycles. The average Bonchev–Trinajstić information content (AvgIpc) is 3.02. The number of hydrogen-bond donors (Lipinski definition) is 2. The summed E-state index contributed by atoms with van der Waals surface area (Å²) in [5, 5.41) is 3.13. The van der Waals surface area contributed by atoms with Gasteiger partial charge < -0.3 is 11.1 Å². The number of nitrogens with two attached hydrogens (primary N) is 1. The Labute approximate surface area is 164 Å². The van der Waals surface area contributed by atoms with Crippen molar-refractivity contribution in [3.8, 4) is 0 Å². The van der Waals surface area contributed by atoms with Crippen LogP contribution in [0.4, 0.5) is 0 Å². The molecule has 0 aromatic heterocycles. The second-order valence-electron chi connectivity index (χ2n) is 6.64. The van der Waals surface area contributed by atoms with E-state index in [2.05, 4.69) is 48.3 Å². The zero-order chi connectivity index (χ0) is 16.7. The number of likely N-dealkylation sites (N-methyl/N-ethyl adjacent to an activating group) is 1. The smallest absolute Gasteiger partial charge is 0.240 e. The van der Waals surface area contributed by atoms with Gasteiger partial charge in [0.25, 0.3) is 0 Å². The minimum atomic E-state index is -0.638. The lowest BCUT2D eigenvalue weighted by Gasteiger charge is -2.31. The minimum absolute atomic E-state index is 0. The Morgan fingerprint density at radius 3 is 2.24 bits per heavy atom. The van der Waals surface area contributed by atoms with E-state index in [9.17, 15) is 4.79 Å². The predicted octanol–water partition coefficient (Wildman–Crippen LogP) is 3.17. The largest absolute Gasteiger partial charge is 0.353 e. The van der Waals surface area contributed by atoms with E-state index in [-0.39, 0.29) is 30.7 Å². The summed E-state index contributed by atoms with van der Waals surface area (Å²) in [4.78, 5) is 14.9. The molecule has 1 aromatic rings. The number of hydrogen-bond acceptors (Lipinski definition) is 3. The van der Waals surface area contributed by atoms with Gasteiger partial charge in [-0.1, -0.05) is 57.0 Å². The van der Waals surface area contributed by atoms with Crippen molar-refractivity contribution in [1.82, 2.24) is 10.2 Å². The molecule has 4 nitrogen and oxygen atoms in total. The van der Waals surface area contributed by atoms with Gasteiger partial charge in [-0.25, -0.2) is 0 Å². The van der Waals surface area contributed by atoms with Gasteiger partial charge in [0.05, 0.1) is 5.54 Å². The fourth-order valence-electron chi connectivity index (χ4n) is 3.58. The van der Waals surface area contributed by atoms with E-state index in [1.54, 1.807) is 0 Å². The van der Waals surface area contributed by atoms with Crippen LogP contribution in [-0.4, -0.2) is 42.0 Å². The number of nitrogens with one attached hydrogen (secondary N) is 1. The molecule has 3 N–H and O–H groups in total. The lowest BCUT2D eigenvalue weighted by Crippen LogP contribution is -2.55. The first-order valence-corrected chi connectivity index (χ1v) is 8.94. The molecular weight excluding hydrogens is 357 g/mol. The number of carbonyl (C=O) groups is 1. The molecule has 144 valence electrons. The summed E-state index contributed by atoms with van der Waals surface area (Å²) in [6.45, 7) is 6.97. The average molecular weight is 390 g/mol. The van der Waals surface area contributed by atoms with E-state index in [4.69, 9.17) is 5.73 Å². The van der Waals surface area contributed by atoms with Crippen molar-refractivity contribution in [3.63, 3.8) is 0 Å². The Kier molecular flexibility index (Phi) is 11.4. The summed E-state index contributed by atoms with van der Waals surface area (Å²) in [7, 11) is 0. The third kappa shape index (κ3) is 6.78. The molecule has 1 atom stereocenters. The SMILES string of the molecule is CCN(CC)C(CNC(=O)C1(N)CCCC1)Cc1ccccc1.Cl.Cl. The molecule has 1 saturated carbocycles. The van der Waals surface area contributed by atoms with Crippen molar-refractivity contribution in [2.75, 3.05) is 19.6 Å². The number of rotatable bonds is 8. The standard InChI is InChI=1S/C19H31N3O.2ClH/c1-3-22(4-2)17(14-16-10-6-5-7-11-16)15-21-18(23)19(20)12-8-9-13-19;;/h5-7,10-11,17H,3-4,8-9,12-15,20H2,1-2H3,(H,21,23);2*1H. The molecule has 1 aromatic carbocycles. The van der Waals surface area contributed by atoms with Gasteiger partial charge in [-0.05, 0) is 37.9 Å². The third-order valence-electron chi connectivity index (χ3n) is 5.09. The van der Waals surface area contributed by atoms with E-state index >= 15 is 0 Å². The van der Waals surface area contributed by atoms with Crippen LogP contribution >= 0.6 is 24.8 Å². The molecule has 0 spiro atoms. The van der Waals surface area contributed by atoms with Crippen molar-refractivity contribution < 1.29 is 4.79 Å². The van der Waals surface area contributed by atoms with E-state index < -0.39 is 5.54 Å². The highest BCUT2D eigenvalue weighted by atomic mass is 35.5. The lowest BCUT2D eigenvalue weighted by atomic mass is 9.97. The van der Waals surface area contributed by atoms with Crippen LogP contribution in [-0.2, 0) is 11.2 Å². The molecule has 1 aliphatic rings. The zero-order valence-electron chi connectivity index (χ0n) is 15.4. The molecule has 0 saturated heterocycles. The van der Waals surface area contributed by atoms with Crippen LogP contribution in [0.1, 0.15) is 45.1 Å². The maximum Gasteiger partial charge on any atom is 0.240 e. The van der Waals surface area contributed by atoms with Crippen LogP contribution in [0.3, 0.4) is 0 Å². The van der Waals surface area contributed by atoms with Gasteiger partial charge >= 0.3 is 0 Å². The quantitative estimate of drug-likeness (QED) is 0.717. The molecule has 1 fully saturated rings. The maximum atomic E-state index is 12.5. The Hall–Kier alpha value is -0.810. The topological polar surface area (TPSA) is 58.4 Å². The van der Waals surface area contributed by atoms with Crippen molar-refractivity contribution in [2.24, 2.45) is 5.73 Å². The maximum absolute atomic E-state index is 12.5. The fourth-order valence-corrected chi connectivity index (χ4v) is 3.58. The first-order chi connectivity index (χ1) is 11.1. The van der Waals surface area contributed by atoms with Crippen LogP contribution in [0.5, 0.6) is 0 Å². The van der Waals surface area contributed by atoms with Gasteiger partial charge in [-0.3, -0.25) is 9.69 Å². The molecule has 1 amide bonds. The van der Waals surface area contributed by atoms with Gasteiger partial charge in [-0.2, -0.15) is 0 Å². The van der Waals surface area contributed by atoms with Crippen LogP contribution in [0.25, 0.3) is 0 Å². The summed E-state index contributed by atoms with van der Waals surface area (Å²) < 4.78 is 0. The highest BCUT2D eigenvalue weighted by Gasteiger charge is 2.37. The highest BCUT2D eigenvalue weighted by molar-refractivity contribution is 5.86. The van der Waals surface area contributed by atoms with Gasteiger partial charge in [0, 0.05) is 12.6 Å². The molecule has 2 rings (SSSR count). The molecule has 0 heterocycles. The monoisotopic (exact) mass is 389 g/mol. The Morgan fingerprint density at radius 2 is 1.72 bits per heavy atom. The van der Waals surface area contributed by atoms with Crippen molar-refractivity contribution >= 4 is 30.7 Å². The number of nitrogens with zero attached hydrogens (tertiary/aromatic N) is 1. The first kappa shape index (κ1) is 24.2. The summed E-state index contributed by atoms with van der Waals surface area (Å²) in [5.74, 6) is 0.0280. The Balaban J connectivity index is 0.00000288. The first-order valence-electron chi connectivity index (χ1n) is 8.94. The second-order valence-corrected chi connectivity index (χ2v) is 6.64. The minimum Gasteiger partial charge on any atom is -0.353 e. The van der Waals surface area contributed by atoms with Crippen LogP contribution in [0.2, 0.25) is 0 Å². The molecule has 6 heteroatoms. The molecule has 1 unspecified atom stereocenters. The Bertz CT molecular complexity index is 489. The highest BCUT2D eigenvalue weighted by Crippen LogP contribution is 2.27. The van der Waals surface area contributed by atoms with Crippen molar-refractivity contribution in [3.05, 3.63) is 35.9 Å². The summed E-state index contributed by atoms with van der Waals surface area (Å²) in [6.07, 6.45) is 4.70. The van der Waals surface area contributed by atoms with E-state index in [1.165, 1.54) is 5.56 Å². The lowest BCUT2D eigenvalue weighted by molar-refractivity contribution is -0.126. The van der Waals surface area contributed by atoms with E-state index in [0.29, 0.717) is 12.6 Å². The predicted molar refractivity (Wildman–Crippen MR) is 110 cm³/mol. The number of benzene rings is 1. The van der Waals surface area contributed by atoms with Gasteiger partial charge in [0.1, 0.15) is 0 Å². The molecule has 0 bridgehead atoms. The molecule has 25 heavy (non-hydrogen) atoms. The zero-order valence-corrected chi connectivity index (χ0v) is 17.0. The number of carbonyl (C=O) groups excluding carboxylic acids is 1. The second kappa shape index (κ2) is 11.7. The van der Waals surface area contributed by atoms with E-state index in [0.717, 1.165) is 45.2 Å². The summed E-state index contributed by atoms with van der Waals surface area (Å²) >= 11 is 0. The van der Waals surface area contributed by atoms with Crippen molar-refractivity contribution in [2.45, 2.75) is 57.5 Å². The molecular formula is C19H33Cl2N3O. The number of halogens is 2. The van der Waals surface area contributed by atoms with Gasteiger partial charge in [0.2, 0.25) is 5.91 Å². The third-order valence-corrected chi connectivity index (χ3v) is 5.09. The van der Waals surface area contributed by atoms with E-state index in [1.807, 2.05) is 6.07 Å². The molecule has 1 aliphatic carbocycles. The van der Waals surface area contributed by atoms with Crippen molar-refractivity contribution in [1.29, 1.82) is 0 Å². The Morgan fingerprint density at radius 1 is 1.16 bits per heavy atom. The molecule has 0 radical (unpaired) electrons. The fraction of sp³-hybridized carbons (Fsp3) is 0.632. The van der Waals surface area contributed by atoms with Gasteiger partial charge in [0.15, 0.2) is 0 Å². The van der Waals surface area contributed by atoms with Crippen LogP contribution in [0, 0.1) is 0 Å². The van der Waals surface area contributed by atoms with Gasteiger partial charge in [-0.15, -0.1) is 24.8 Å². The normalized spacial score (nSPS) is 16.6.